The van der Waals surface area contributed by atoms with Crippen LogP contribution in [0, 0.1) is 0 Å². The summed E-state index contributed by atoms with van der Waals surface area (Å²) >= 11 is 0. The number of hydrogen-bond acceptors (Lipinski definition) is 1. The number of nitrogens with two attached hydrogens (primary N) is 1. The van der Waals surface area contributed by atoms with Crippen LogP contribution in [0.5, 0.6) is 0 Å². The highest BCUT2D eigenvalue weighted by atomic mass is 28.2. The van der Waals surface area contributed by atoms with E-state index in [1.54, 1.807) is 0 Å². The van der Waals surface area contributed by atoms with Crippen molar-refractivity contribution in [3.63, 3.8) is 0 Å². The smallest absolute Gasteiger partial charge is 0.0135 e. The molecule has 0 saturated carbocycles. The summed E-state index contributed by atoms with van der Waals surface area (Å²) in [6, 6.07) is 0. The lowest BCUT2D eigenvalue weighted by molar-refractivity contribution is 0.807. The second kappa shape index (κ2) is 15.7. The van der Waals surface area contributed by atoms with Crippen molar-refractivity contribution in [1.82, 2.24) is 0 Å². The summed E-state index contributed by atoms with van der Waals surface area (Å²) < 4.78 is 0. The zero-order valence-electron chi connectivity index (χ0n) is 6.41. The molecule has 1 nitrogen and oxygen atoms in total. The molecule has 0 aliphatic heterocycles. The molecule has 52 valence electrons. The fourth-order valence-electron chi connectivity index (χ4n) is 0.204. The summed E-state index contributed by atoms with van der Waals surface area (Å²) in [6.45, 7) is 7.50. The molecule has 0 bridgehead atoms. The van der Waals surface area contributed by atoms with Crippen LogP contribution in [0.4, 0.5) is 0 Å². The van der Waals surface area contributed by atoms with Gasteiger partial charge in [-0.15, -0.1) is 0 Å². The van der Waals surface area contributed by atoms with Gasteiger partial charge in [-0.3, -0.25) is 0 Å². The van der Waals surface area contributed by atoms with Gasteiger partial charge in [-0.1, -0.05) is 26.4 Å². The van der Waals surface area contributed by atoms with Crippen LogP contribution in [0.3, 0.4) is 0 Å². The van der Waals surface area contributed by atoms with Crippen LogP contribution in [-0.2, 0) is 0 Å². The van der Waals surface area contributed by atoms with Gasteiger partial charge in [0, 0.05) is 9.52 Å². The maximum absolute atomic E-state index is 5.14. The van der Waals surface area contributed by atoms with Gasteiger partial charge in [0.25, 0.3) is 0 Å². The minimum absolute atomic E-state index is 0.417. The molecule has 0 fully saturated rings. The lowest BCUT2D eigenvalue weighted by Crippen LogP contribution is -1.95. The summed E-state index contributed by atoms with van der Waals surface area (Å²) in [7, 11) is 0.417. The fraction of sp³-hybridized carbons (Fsp3) is 1.00. The Morgan fingerprint density at radius 1 is 1.38 bits per heavy atom. The van der Waals surface area contributed by atoms with Crippen LogP contribution < -0.4 is 5.73 Å². The Labute approximate surface area is 55.5 Å². The van der Waals surface area contributed by atoms with Crippen molar-refractivity contribution in [2.45, 2.75) is 32.9 Å². The molecular formula is C6H19NSi. The van der Waals surface area contributed by atoms with Crippen molar-refractivity contribution in [3.05, 3.63) is 0 Å². The first-order chi connectivity index (χ1) is 3.83. The van der Waals surface area contributed by atoms with E-state index < -0.39 is 0 Å². The largest absolute Gasteiger partial charge is 0.330 e. The van der Waals surface area contributed by atoms with Crippen LogP contribution >= 0.6 is 0 Å². The molecule has 0 aromatic carbocycles. The van der Waals surface area contributed by atoms with Gasteiger partial charge in [0.1, 0.15) is 0 Å². The summed E-state index contributed by atoms with van der Waals surface area (Å²) in [5.41, 5.74) is 5.14. The van der Waals surface area contributed by atoms with Gasteiger partial charge in [-0.25, -0.2) is 0 Å². The zero-order chi connectivity index (χ0) is 6.83. The Kier molecular flexibility index (Phi) is 21.7. The Bertz CT molecular complexity index is 22.5. The third-order valence-corrected chi connectivity index (χ3v) is 0.558. The second-order valence-corrected chi connectivity index (χ2v) is 3.26. The predicted octanol–water partition coefficient (Wildman–Crippen LogP) is 0.997. The molecule has 0 unspecified atom stereocenters. The normalized spacial score (nSPS) is 7.50. The summed E-state index contributed by atoms with van der Waals surface area (Å²) in [4.78, 5) is 0. The molecule has 0 rings (SSSR count). The van der Waals surface area contributed by atoms with E-state index in [1.807, 2.05) is 0 Å². The van der Waals surface area contributed by atoms with Crippen molar-refractivity contribution in [2.24, 2.45) is 5.73 Å². The molecular weight excluding hydrogens is 114 g/mol. The maximum atomic E-state index is 5.14. The minimum atomic E-state index is 0.417. The van der Waals surface area contributed by atoms with Crippen LogP contribution in [0.25, 0.3) is 0 Å². The molecule has 0 radical (unpaired) electrons. The first-order valence-corrected chi connectivity index (χ1v) is 6.36. The van der Waals surface area contributed by atoms with Crippen LogP contribution in [0.1, 0.15) is 19.8 Å². The average molecular weight is 133 g/mol. The van der Waals surface area contributed by atoms with E-state index in [0.717, 1.165) is 6.54 Å². The van der Waals surface area contributed by atoms with E-state index in [0.29, 0.717) is 9.52 Å². The average Bonchev–Trinajstić information content (AvgIpc) is 1.71. The summed E-state index contributed by atoms with van der Waals surface area (Å²) in [6.07, 6.45) is 2.39. The third-order valence-electron chi connectivity index (χ3n) is 0.558. The van der Waals surface area contributed by atoms with Gasteiger partial charge in [-0.2, -0.15) is 0 Å². The van der Waals surface area contributed by atoms with Crippen molar-refractivity contribution < 1.29 is 0 Å². The molecule has 0 heterocycles. The standard InChI is InChI=1S/C4H11N.C2H8Si/c1-2-3-4-5;1-3-2/h2-5H2,1H3;3H2,1-2H3. The van der Waals surface area contributed by atoms with Gasteiger partial charge in [0.05, 0.1) is 0 Å². The first-order valence-electron chi connectivity index (χ1n) is 3.53. The SMILES string of the molecule is CCCCN.C[SiH2]C. The van der Waals surface area contributed by atoms with Gasteiger partial charge in [0.15, 0.2) is 0 Å². The van der Waals surface area contributed by atoms with E-state index in [4.69, 9.17) is 5.73 Å². The van der Waals surface area contributed by atoms with Gasteiger partial charge in [-0.05, 0) is 13.0 Å². The van der Waals surface area contributed by atoms with Crippen molar-refractivity contribution in [1.29, 1.82) is 0 Å². The van der Waals surface area contributed by atoms with E-state index in [2.05, 4.69) is 20.0 Å². The molecule has 0 aliphatic carbocycles. The van der Waals surface area contributed by atoms with Crippen LogP contribution in [-0.4, -0.2) is 16.1 Å². The quantitative estimate of drug-likeness (QED) is 0.559. The Hall–Kier alpha value is 0.177. The predicted molar refractivity (Wildman–Crippen MR) is 44.2 cm³/mol. The molecule has 8 heavy (non-hydrogen) atoms. The van der Waals surface area contributed by atoms with Gasteiger partial charge >= 0.3 is 0 Å². The lowest BCUT2D eigenvalue weighted by Gasteiger charge is -1.80. The number of hydrogen-bond donors (Lipinski definition) is 1. The molecule has 0 amide bonds. The van der Waals surface area contributed by atoms with Gasteiger partial charge in [0.2, 0.25) is 0 Å². The molecule has 2 heteroatoms. The van der Waals surface area contributed by atoms with E-state index in [-0.39, 0.29) is 0 Å². The van der Waals surface area contributed by atoms with E-state index >= 15 is 0 Å². The molecule has 2 N–H and O–H groups in total. The molecule has 0 aromatic rings. The maximum Gasteiger partial charge on any atom is 0.0135 e. The number of rotatable bonds is 2. The molecule has 0 spiro atoms. The third kappa shape index (κ3) is 34.9. The van der Waals surface area contributed by atoms with Crippen molar-refractivity contribution in [3.8, 4) is 0 Å². The molecule has 0 aromatic heterocycles. The summed E-state index contributed by atoms with van der Waals surface area (Å²) in [5, 5.41) is 0. The summed E-state index contributed by atoms with van der Waals surface area (Å²) in [5.74, 6) is 0. The van der Waals surface area contributed by atoms with Crippen LogP contribution in [0.15, 0.2) is 0 Å². The monoisotopic (exact) mass is 133 g/mol. The fourth-order valence-corrected chi connectivity index (χ4v) is 0.204. The number of unbranched alkanes of at least 4 members (excludes halogenated alkanes) is 1. The minimum Gasteiger partial charge on any atom is -0.330 e. The van der Waals surface area contributed by atoms with E-state index in [9.17, 15) is 0 Å². The van der Waals surface area contributed by atoms with E-state index in [1.165, 1.54) is 12.8 Å². The molecule has 0 atom stereocenters. The highest BCUT2D eigenvalue weighted by Crippen LogP contribution is 1.77. The zero-order valence-corrected chi connectivity index (χ0v) is 7.82. The Morgan fingerprint density at radius 3 is 1.75 bits per heavy atom. The highest BCUT2D eigenvalue weighted by Gasteiger charge is 1.67. The molecule has 0 saturated heterocycles. The first kappa shape index (κ1) is 11.0. The molecule has 0 aliphatic rings. The Balaban J connectivity index is 0. The lowest BCUT2D eigenvalue weighted by atomic mass is 10.3. The van der Waals surface area contributed by atoms with Gasteiger partial charge < -0.3 is 5.73 Å². The highest BCUT2D eigenvalue weighted by molar-refractivity contribution is 6.31. The van der Waals surface area contributed by atoms with Crippen molar-refractivity contribution >= 4 is 9.52 Å². The Morgan fingerprint density at radius 2 is 1.75 bits per heavy atom. The van der Waals surface area contributed by atoms with Crippen molar-refractivity contribution in [2.75, 3.05) is 6.54 Å². The van der Waals surface area contributed by atoms with Crippen LogP contribution in [0.2, 0.25) is 13.1 Å². The second-order valence-electron chi connectivity index (χ2n) is 1.85. The topological polar surface area (TPSA) is 26.0 Å².